The highest BCUT2D eigenvalue weighted by Gasteiger charge is 2.59. The molecule has 1 atom stereocenters. The van der Waals surface area contributed by atoms with E-state index in [4.69, 9.17) is 5.73 Å². The van der Waals surface area contributed by atoms with Gasteiger partial charge in [0.25, 0.3) is 6.17 Å². The maximum Gasteiger partial charge on any atom is 0.439 e. The highest BCUT2D eigenvalue weighted by molar-refractivity contribution is 5.90. The number of hydrogen-bond acceptors (Lipinski definition) is 2. The van der Waals surface area contributed by atoms with Gasteiger partial charge in [-0.15, -0.1) is 0 Å². The third-order valence-electron chi connectivity index (χ3n) is 2.16. The predicted octanol–water partition coefficient (Wildman–Crippen LogP) is 3.06. The Kier molecular flexibility index (Phi) is 4.87. The summed E-state index contributed by atoms with van der Waals surface area (Å²) in [5, 5.41) is 0. The molecule has 1 rings (SSSR count). The van der Waals surface area contributed by atoms with E-state index in [-0.39, 0.29) is 0 Å². The molecule has 0 saturated heterocycles. The number of amides is 1. The zero-order valence-electron chi connectivity index (χ0n) is 10.2. The minimum Gasteiger partial charge on any atom is -0.430 e. The number of benzene rings is 1. The Morgan fingerprint density at radius 3 is 2.10 bits per heavy atom. The molecule has 1 amide bonds. The van der Waals surface area contributed by atoms with E-state index < -0.39 is 30.1 Å². The Labute approximate surface area is 115 Å². The van der Waals surface area contributed by atoms with E-state index in [0.717, 1.165) is 18.2 Å². The van der Waals surface area contributed by atoms with E-state index in [1.165, 1.54) is 18.2 Å². The van der Waals surface area contributed by atoms with E-state index in [2.05, 4.69) is 4.74 Å². The maximum atomic E-state index is 13.0. The van der Waals surface area contributed by atoms with E-state index >= 15 is 0 Å². The third-order valence-corrected chi connectivity index (χ3v) is 2.16. The minimum atomic E-state index is -5.74. The average Bonchev–Trinajstić information content (AvgIpc) is 2.35. The van der Waals surface area contributed by atoms with Gasteiger partial charge in [-0.3, -0.25) is 4.79 Å². The van der Waals surface area contributed by atoms with Crippen molar-refractivity contribution in [1.82, 2.24) is 0 Å². The second-order valence-electron chi connectivity index (χ2n) is 3.87. The minimum absolute atomic E-state index is 0.358. The van der Waals surface area contributed by atoms with Gasteiger partial charge in [-0.05, 0) is 23.8 Å². The molecular formula is C12H9F6NO2. The van der Waals surface area contributed by atoms with Crippen LogP contribution in [-0.4, -0.2) is 24.4 Å². The molecule has 1 aromatic rings. The molecule has 0 bridgehead atoms. The monoisotopic (exact) mass is 313 g/mol. The Hall–Kier alpha value is -2.19. The summed E-state index contributed by atoms with van der Waals surface area (Å²) < 4.78 is 77.9. The van der Waals surface area contributed by atoms with Crippen LogP contribution in [0.2, 0.25) is 0 Å². The Bertz CT molecular complexity index is 524. The van der Waals surface area contributed by atoms with Gasteiger partial charge >= 0.3 is 12.3 Å². The maximum absolute atomic E-state index is 13.0. The molecule has 0 heterocycles. The van der Waals surface area contributed by atoms with Crippen LogP contribution in [-0.2, 0) is 4.79 Å². The number of carbonyl (C=O) groups is 1. The van der Waals surface area contributed by atoms with Crippen LogP contribution in [0.3, 0.4) is 0 Å². The number of rotatable bonds is 5. The highest BCUT2D eigenvalue weighted by atomic mass is 19.4. The second kappa shape index (κ2) is 6.06. The fraction of sp³-hybridized carbons (Fsp3) is 0.250. The predicted molar refractivity (Wildman–Crippen MR) is 61.2 cm³/mol. The Balaban J connectivity index is 2.82. The lowest BCUT2D eigenvalue weighted by Gasteiger charge is -2.23. The molecule has 116 valence electrons. The van der Waals surface area contributed by atoms with Crippen molar-refractivity contribution >= 4 is 12.0 Å². The van der Waals surface area contributed by atoms with Gasteiger partial charge < -0.3 is 10.5 Å². The summed E-state index contributed by atoms with van der Waals surface area (Å²) in [4.78, 5) is 10.5. The lowest BCUT2D eigenvalue weighted by Crippen LogP contribution is -2.45. The van der Waals surface area contributed by atoms with Crippen LogP contribution in [0.15, 0.2) is 30.3 Å². The van der Waals surface area contributed by atoms with Crippen LogP contribution in [0.1, 0.15) is 5.56 Å². The van der Waals surface area contributed by atoms with Gasteiger partial charge in [-0.25, -0.2) is 4.39 Å². The zero-order valence-corrected chi connectivity index (χ0v) is 10.2. The number of halogens is 6. The van der Waals surface area contributed by atoms with Crippen molar-refractivity contribution in [2.24, 2.45) is 5.73 Å². The Morgan fingerprint density at radius 1 is 1.14 bits per heavy atom. The third kappa shape index (κ3) is 5.01. The van der Waals surface area contributed by atoms with Crippen LogP contribution in [0.4, 0.5) is 26.3 Å². The van der Waals surface area contributed by atoms with Gasteiger partial charge in [-0.2, -0.15) is 22.0 Å². The topological polar surface area (TPSA) is 52.3 Å². The van der Waals surface area contributed by atoms with Gasteiger partial charge in [0, 0.05) is 6.08 Å². The first-order valence-electron chi connectivity index (χ1n) is 5.37. The second-order valence-corrected chi connectivity index (χ2v) is 3.87. The molecule has 0 saturated carbocycles. The molecule has 21 heavy (non-hydrogen) atoms. The molecule has 3 nitrogen and oxygen atoms in total. The summed E-state index contributed by atoms with van der Waals surface area (Å²) in [5.74, 6) is -1.41. The smallest absolute Gasteiger partial charge is 0.430 e. The number of carbonyl (C=O) groups excluding carboxylic acids is 1. The highest BCUT2D eigenvalue weighted by Crippen LogP contribution is 2.36. The number of hydrogen-bond donors (Lipinski definition) is 1. The molecule has 0 unspecified atom stereocenters. The molecule has 0 fully saturated rings. The summed E-state index contributed by atoms with van der Waals surface area (Å²) in [7, 11) is 0. The number of alkyl halides is 6. The van der Waals surface area contributed by atoms with Gasteiger partial charge in [-0.1, -0.05) is 12.1 Å². The molecule has 1 aromatic carbocycles. The summed E-state index contributed by atoms with van der Waals surface area (Å²) in [5.41, 5.74) is 5.19. The zero-order chi connectivity index (χ0) is 16.3. The molecule has 0 aliphatic carbocycles. The molecule has 9 heteroatoms. The number of ether oxygens (including phenoxy) is 1. The summed E-state index contributed by atoms with van der Waals surface area (Å²) >= 11 is 0. The first kappa shape index (κ1) is 16.9. The summed E-state index contributed by atoms with van der Waals surface area (Å²) in [6, 6.07) is 4.15. The van der Waals surface area contributed by atoms with Crippen LogP contribution in [0, 0.1) is 0 Å². The first-order valence-corrected chi connectivity index (χ1v) is 5.37. The summed E-state index contributed by atoms with van der Waals surface area (Å²) in [6.07, 6.45) is -13.0. The number of primary amides is 1. The first-order chi connectivity index (χ1) is 9.52. The van der Waals surface area contributed by atoms with Crippen LogP contribution >= 0.6 is 0 Å². The van der Waals surface area contributed by atoms with Crippen LogP contribution < -0.4 is 10.5 Å². The Morgan fingerprint density at radius 2 is 1.67 bits per heavy atom. The lowest BCUT2D eigenvalue weighted by atomic mass is 10.2. The standard InChI is InChI=1S/C12H9F6NO2/c13-10(11(14,15)16)12(17,18)21-8-4-1-7(2-5-8)3-6-9(19)20/h1-6,10H,(H2,19,20)/t10-/m1/s1. The largest absolute Gasteiger partial charge is 0.439 e. The van der Waals surface area contributed by atoms with E-state index in [9.17, 15) is 31.1 Å². The van der Waals surface area contributed by atoms with Gasteiger partial charge in [0.1, 0.15) is 5.75 Å². The fourth-order valence-corrected chi connectivity index (χ4v) is 1.22. The van der Waals surface area contributed by atoms with Crippen molar-refractivity contribution in [3.8, 4) is 5.75 Å². The van der Waals surface area contributed by atoms with Gasteiger partial charge in [0.05, 0.1) is 0 Å². The van der Waals surface area contributed by atoms with Crippen molar-refractivity contribution in [2.45, 2.75) is 18.5 Å². The van der Waals surface area contributed by atoms with Crippen molar-refractivity contribution in [3.05, 3.63) is 35.9 Å². The van der Waals surface area contributed by atoms with Gasteiger partial charge in [0.2, 0.25) is 5.91 Å². The van der Waals surface area contributed by atoms with E-state index in [0.29, 0.717) is 5.56 Å². The molecule has 0 aliphatic rings. The molecule has 0 aromatic heterocycles. The van der Waals surface area contributed by atoms with E-state index in [1.807, 2.05) is 0 Å². The molecule has 2 N–H and O–H groups in total. The fourth-order valence-electron chi connectivity index (χ4n) is 1.22. The SMILES string of the molecule is NC(=O)C=Cc1ccc(OC(F)(F)[C@H](F)C(F)(F)F)cc1. The van der Waals surface area contributed by atoms with Crippen LogP contribution in [0.5, 0.6) is 5.75 Å². The normalized spacial score (nSPS) is 14.2. The van der Waals surface area contributed by atoms with Crippen molar-refractivity contribution in [3.63, 3.8) is 0 Å². The molecule has 0 spiro atoms. The lowest BCUT2D eigenvalue weighted by molar-refractivity contribution is -0.304. The van der Waals surface area contributed by atoms with Crippen LogP contribution in [0.25, 0.3) is 6.08 Å². The summed E-state index contributed by atoms with van der Waals surface area (Å²) in [6.45, 7) is 0. The quantitative estimate of drug-likeness (QED) is 0.671. The molecular weight excluding hydrogens is 304 g/mol. The van der Waals surface area contributed by atoms with Crippen molar-refractivity contribution in [1.29, 1.82) is 0 Å². The molecule has 0 radical (unpaired) electrons. The average molecular weight is 313 g/mol. The van der Waals surface area contributed by atoms with E-state index in [1.54, 1.807) is 0 Å². The van der Waals surface area contributed by atoms with Crippen molar-refractivity contribution in [2.75, 3.05) is 0 Å². The van der Waals surface area contributed by atoms with Crippen molar-refractivity contribution < 1.29 is 35.9 Å². The molecule has 0 aliphatic heterocycles. The van der Waals surface area contributed by atoms with Gasteiger partial charge in [0.15, 0.2) is 0 Å². The number of nitrogens with two attached hydrogens (primary N) is 1.